The van der Waals surface area contributed by atoms with Crippen molar-refractivity contribution >= 4 is 30.3 Å². The predicted molar refractivity (Wildman–Crippen MR) is 85.9 cm³/mol. The van der Waals surface area contributed by atoms with Crippen LogP contribution in [0.5, 0.6) is 0 Å². The van der Waals surface area contributed by atoms with Crippen molar-refractivity contribution in [3.63, 3.8) is 0 Å². The van der Waals surface area contributed by atoms with Gasteiger partial charge in [0.25, 0.3) is 0 Å². The summed E-state index contributed by atoms with van der Waals surface area (Å²) in [6, 6.07) is 3.68. The summed E-state index contributed by atoms with van der Waals surface area (Å²) in [7, 11) is 4.42. The second-order valence-electron chi connectivity index (χ2n) is 5.26. The van der Waals surface area contributed by atoms with E-state index in [9.17, 15) is 5.11 Å². The van der Waals surface area contributed by atoms with Crippen molar-refractivity contribution in [3.05, 3.63) is 24.2 Å². The van der Waals surface area contributed by atoms with Crippen LogP contribution >= 0.6 is 18.9 Å². The molecule has 2 unspecified atom stereocenters. The van der Waals surface area contributed by atoms with Crippen molar-refractivity contribution in [1.82, 2.24) is 14.6 Å². The molecule has 120 valence electrons. The van der Waals surface area contributed by atoms with Crippen LogP contribution in [-0.4, -0.2) is 44.6 Å². The zero-order valence-corrected chi connectivity index (χ0v) is 14.2. The van der Waals surface area contributed by atoms with E-state index in [1.54, 1.807) is 4.52 Å². The molecule has 1 saturated heterocycles. The number of nitrogen functional groups attached to an aromatic ring is 1. The Morgan fingerprint density at radius 2 is 2.23 bits per heavy atom. The highest BCUT2D eigenvalue weighted by Gasteiger charge is 2.55. The Hall–Kier alpha value is -0.880. The molecule has 0 radical (unpaired) electrons. The van der Waals surface area contributed by atoms with Crippen LogP contribution in [-0.2, 0) is 19.4 Å². The van der Waals surface area contributed by atoms with E-state index in [1.165, 1.54) is 6.33 Å². The minimum atomic E-state index is -0.871. The lowest BCUT2D eigenvalue weighted by molar-refractivity contribution is -0.0820. The monoisotopic (exact) mass is 344 g/mol. The fourth-order valence-electron chi connectivity index (χ4n) is 3.00. The van der Waals surface area contributed by atoms with Crippen molar-refractivity contribution in [2.24, 2.45) is 0 Å². The van der Waals surface area contributed by atoms with Gasteiger partial charge in [0.15, 0.2) is 5.82 Å². The van der Waals surface area contributed by atoms with Gasteiger partial charge in [0.1, 0.15) is 35.8 Å². The first-order chi connectivity index (χ1) is 10.6. The second-order valence-corrected chi connectivity index (χ2v) is 5.81. The first-order valence-corrected chi connectivity index (χ1v) is 7.59. The summed E-state index contributed by atoms with van der Waals surface area (Å²) in [5.41, 5.74) is 6.42. The van der Waals surface area contributed by atoms with Gasteiger partial charge in [-0.05, 0) is 19.1 Å². The number of aliphatic hydroxyl groups excluding tert-OH is 1. The fourth-order valence-corrected chi connectivity index (χ4v) is 3.73. The molecule has 10 heteroatoms. The van der Waals surface area contributed by atoms with Crippen molar-refractivity contribution in [2.45, 2.75) is 30.8 Å². The maximum atomic E-state index is 9.54. The highest BCUT2D eigenvalue weighted by atomic mass is 31.0. The van der Waals surface area contributed by atoms with Crippen LogP contribution in [0, 0.1) is 0 Å². The number of aromatic nitrogens is 3. The topological polar surface area (TPSA) is 104 Å². The van der Waals surface area contributed by atoms with Gasteiger partial charge in [-0.25, -0.2) is 9.50 Å². The predicted octanol–water partition coefficient (Wildman–Crippen LogP) is 0.268. The van der Waals surface area contributed by atoms with Crippen molar-refractivity contribution in [2.75, 3.05) is 12.3 Å². The molecule has 0 aromatic carbocycles. The Labute approximate surface area is 131 Å². The van der Waals surface area contributed by atoms with Gasteiger partial charge in [-0.1, -0.05) is 0 Å². The quantitative estimate of drug-likeness (QED) is 0.767. The van der Waals surface area contributed by atoms with Gasteiger partial charge in [0, 0.05) is 18.9 Å². The lowest BCUT2D eigenvalue weighted by Crippen LogP contribution is -2.40. The number of fused-ring (bicyclic) bond motifs is 1. The van der Waals surface area contributed by atoms with Gasteiger partial charge < -0.3 is 24.6 Å². The van der Waals surface area contributed by atoms with E-state index < -0.39 is 23.9 Å². The minimum Gasteiger partial charge on any atom is -0.394 e. The van der Waals surface area contributed by atoms with Gasteiger partial charge >= 0.3 is 0 Å². The molecule has 2 aromatic rings. The SMILES string of the molecule is C[C@@]1(c2ccc3c(N)ncnn23)O[C@H](CO)[C@@H](OP)[C@H]1OP. The number of hydrogen-bond donors (Lipinski definition) is 2. The van der Waals surface area contributed by atoms with Gasteiger partial charge in [-0.3, -0.25) is 0 Å². The van der Waals surface area contributed by atoms with Gasteiger partial charge in [-0.15, -0.1) is 0 Å². The summed E-state index contributed by atoms with van der Waals surface area (Å²) in [5, 5.41) is 13.8. The second kappa shape index (κ2) is 5.96. The molecule has 6 atom stereocenters. The summed E-state index contributed by atoms with van der Waals surface area (Å²) < 4.78 is 18.6. The molecule has 3 heterocycles. The van der Waals surface area contributed by atoms with Gasteiger partial charge in [0.05, 0.1) is 12.3 Å². The number of rotatable bonds is 4. The molecular weight excluding hydrogens is 326 g/mol. The summed E-state index contributed by atoms with van der Waals surface area (Å²) in [4.78, 5) is 3.97. The highest BCUT2D eigenvalue weighted by Crippen LogP contribution is 2.44. The molecule has 3 rings (SSSR count). The van der Waals surface area contributed by atoms with Gasteiger partial charge in [0.2, 0.25) is 0 Å². The Kier molecular flexibility index (Phi) is 4.34. The largest absolute Gasteiger partial charge is 0.394 e. The molecule has 2 aromatic heterocycles. The first-order valence-electron chi connectivity index (χ1n) is 6.65. The van der Waals surface area contributed by atoms with E-state index in [0.717, 1.165) is 5.69 Å². The average Bonchev–Trinajstić information content (AvgIpc) is 3.07. The van der Waals surface area contributed by atoms with Crippen molar-refractivity contribution in [1.29, 1.82) is 0 Å². The molecule has 22 heavy (non-hydrogen) atoms. The third-order valence-electron chi connectivity index (χ3n) is 4.08. The first kappa shape index (κ1) is 16.0. The zero-order chi connectivity index (χ0) is 15.9. The van der Waals surface area contributed by atoms with Gasteiger partial charge in [-0.2, -0.15) is 5.10 Å². The molecule has 0 amide bonds. The van der Waals surface area contributed by atoms with Crippen LogP contribution in [0.3, 0.4) is 0 Å². The lowest BCUT2D eigenvalue weighted by Gasteiger charge is -2.30. The minimum absolute atomic E-state index is 0.181. The van der Waals surface area contributed by atoms with Crippen molar-refractivity contribution in [3.8, 4) is 0 Å². The number of anilines is 1. The van der Waals surface area contributed by atoms with E-state index in [1.807, 2.05) is 19.1 Å². The fraction of sp³-hybridized carbons (Fsp3) is 0.500. The molecule has 8 nitrogen and oxygen atoms in total. The van der Waals surface area contributed by atoms with Crippen LogP contribution in [0.15, 0.2) is 18.5 Å². The molecular formula is C12H18N4O4P2. The number of nitrogens with two attached hydrogens (primary N) is 1. The van der Waals surface area contributed by atoms with Crippen LogP contribution < -0.4 is 5.73 Å². The summed E-state index contributed by atoms with van der Waals surface area (Å²) >= 11 is 0. The smallest absolute Gasteiger partial charge is 0.151 e. The van der Waals surface area contributed by atoms with Crippen LogP contribution in [0.1, 0.15) is 12.6 Å². The number of aliphatic hydroxyl groups is 1. The third kappa shape index (κ3) is 2.22. The van der Waals surface area contributed by atoms with E-state index in [-0.39, 0.29) is 6.61 Å². The summed E-state index contributed by atoms with van der Waals surface area (Å²) in [6.45, 7) is 1.69. The molecule has 1 aliphatic rings. The average molecular weight is 344 g/mol. The molecule has 1 fully saturated rings. The van der Waals surface area contributed by atoms with E-state index in [2.05, 4.69) is 29.0 Å². The molecule has 3 N–H and O–H groups in total. The van der Waals surface area contributed by atoms with Crippen LogP contribution in [0.2, 0.25) is 0 Å². The van der Waals surface area contributed by atoms with Crippen LogP contribution in [0.25, 0.3) is 5.52 Å². The Morgan fingerprint density at radius 3 is 2.86 bits per heavy atom. The van der Waals surface area contributed by atoms with Crippen molar-refractivity contribution < 1.29 is 18.9 Å². The standard InChI is InChI=1S/C12H18N4O4P2/c1-12(10(20-22)9(19-21)7(4-17)18-12)8-3-2-6-11(13)14-5-15-16(6)8/h2-3,5,7,9-10,17H,4,21-22H2,1H3,(H2,13,14,15)/t7-,9-,10-,12+/m1/s1. The molecule has 0 spiro atoms. The highest BCUT2D eigenvalue weighted by molar-refractivity contribution is 7.10. The lowest BCUT2D eigenvalue weighted by atomic mass is 9.93. The molecule has 0 aliphatic carbocycles. The van der Waals surface area contributed by atoms with E-state index in [4.69, 9.17) is 19.5 Å². The zero-order valence-electron chi connectivity index (χ0n) is 11.9. The summed E-state index contributed by atoms with van der Waals surface area (Å²) in [6.07, 6.45) is -0.0325. The Balaban J connectivity index is 2.13. The molecule has 0 bridgehead atoms. The third-order valence-corrected chi connectivity index (χ3v) is 4.69. The number of ether oxygens (including phenoxy) is 1. The normalized spacial score (nSPS) is 31.9. The van der Waals surface area contributed by atoms with E-state index in [0.29, 0.717) is 11.3 Å². The molecule has 1 aliphatic heterocycles. The summed E-state index contributed by atoms with van der Waals surface area (Å²) in [5.74, 6) is 0.378. The number of hydrogen-bond acceptors (Lipinski definition) is 7. The van der Waals surface area contributed by atoms with Crippen LogP contribution in [0.4, 0.5) is 5.82 Å². The van der Waals surface area contributed by atoms with E-state index >= 15 is 0 Å². The Bertz CT molecular complexity index is 684. The Morgan fingerprint density at radius 1 is 1.45 bits per heavy atom. The maximum Gasteiger partial charge on any atom is 0.151 e. The number of nitrogens with zero attached hydrogens (tertiary/aromatic N) is 3. The maximum absolute atomic E-state index is 9.54. The molecule has 0 saturated carbocycles.